The van der Waals surface area contributed by atoms with Crippen molar-refractivity contribution in [2.45, 2.75) is 25.0 Å². The first-order valence-corrected chi connectivity index (χ1v) is 8.14. The smallest absolute Gasteiger partial charge is 0.226 e. The molecular formula is C19H19F2NO3. The van der Waals surface area contributed by atoms with Crippen LogP contribution < -0.4 is 4.74 Å². The van der Waals surface area contributed by atoms with Crippen molar-refractivity contribution >= 4 is 5.91 Å². The summed E-state index contributed by atoms with van der Waals surface area (Å²) in [6.07, 6.45) is -0.126. The zero-order valence-corrected chi connectivity index (χ0v) is 13.6. The van der Waals surface area contributed by atoms with Crippen LogP contribution in [-0.2, 0) is 4.79 Å². The van der Waals surface area contributed by atoms with Crippen LogP contribution in [-0.4, -0.2) is 35.2 Å². The Morgan fingerprint density at radius 2 is 1.92 bits per heavy atom. The zero-order chi connectivity index (χ0) is 17.8. The van der Waals surface area contributed by atoms with Gasteiger partial charge >= 0.3 is 0 Å². The molecule has 0 aliphatic carbocycles. The highest BCUT2D eigenvalue weighted by Crippen LogP contribution is 2.33. The summed E-state index contributed by atoms with van der Waals surface area (Å²) in [6, 6.07) is 11.3. The van der Waals surface area contributed by atoms with Gasteiger partial charge in [-0.2, -0.15) is 0 Å². The van der Waals surface area contributed by atoms with E-state index in [1.165, 1.54) is 36.4 Å². The Balaban J connectivity index is 1.60. The van der Waals surface area contributed by atoms with Gasteiger partial charge in [0.2, 0.25) is 5.91 Å². The van der Waals surface area contributed by atoms with E-state index in [2.05, 4.69) is 0 Å². The fourth-order valence-electron chi connectivity index (χ4n) is 3.05. The molecule has 2 atom stereocenters. The third-order valence-electron chi connectivity index (χ3n) is 4.23. The molecule has 0 unspecified atom stereocenters. The molecule has 1 heterocycles. The maximum atomic E-state index is 13.5. The van der Waals surface area contributed by atoms with E-state index in [9.17, 15) is 18.7 Å². The summed E-state index contributed by atoms with van der Waals surface area (Å²) in [6.45, 7) is 0.365. The summed E-state index contributed by atoms with van der Waals surface area (Å²) >= 11 is 0. The number of amides is 1. The monoisotopic (exact) mass is 347 g/mol. The maximum Gasteiger partial charge on any atom is 0.226 e. The van der Waals surface area contributed by atoms with Crippen LogP contribution in [0.2, 0.25) is 0 Å². The fourth-order valence-corrected chi connectivity index (χ4v) is 3.05. The highest BCUT2D eigenvalue weighted by molar-refractivity contribution is 5.77. The summed E-state index contributed by atoms with van der Waals surface area (Å²) in [5.41, 5.74) is 0.671. The maximum absolute atomic E-state index is 13.5. The summed E-state index contributed by atoms with van der Waals surface area (Å²) in [5.74, 6) is -0.413. The molecule has 3 rings (SSSR count). The largest absolute Gasteiger partial charge is 0.493 e. The molecule has 1 aliphatic rings. The minimum atomic E-state index is -0.629. The van der Waals surface area contributed by atoms with Gasteiger partial charge in [0.15, 0.2) is 0 Å². The van der Waals surface area contributed by atoms with Crippen molar-refractivity contribution in [1.29, 1.82) is 0 Å². The van der Waals surface area contributed by atoms with E-state index < -0.39 is 6.10 Å². The quantitative estimate of drug-likeness (QED) is 0.904. The van der Waals surface area contributed by atoms with Crippen LogP contribution in [0.3, 0.4) is 0 Å². The molecule has 1 fully saturated rings. The highest BCUT2D eigenvalue weighted by Gasteiger charge is 2.35. The molecule has 2 aromatic rings. The number of rotatable bonds is 5. The summed E-state index contributed by atoms with van der Waals surface area (Å²) in [7, 11) is 0. The molecule has 6 heteroatoms. The van der Waals surface area contributed by atoms with Crippen LogP contribution in [0.5, 0.6) is 5.75 Å². The van der Waals surface area contributed by atoms with Crippen LogP contribution in [0.25, 0.3) is 0 Å². The number of hydrogen-bond donors (Lipinski definition) is 1. The minimum absolute atomic E-state index is 0.121. The van der Waals surface area contributed by atoms with Crippen molar-refractivity contribution in [3.63, 3.8) is 0 Å². The molecule has 0 saturated carbocycles. The van der Waals surface area contributed by atoms with E-state index in [1.54, 1.807) is 17.0 Å². The Bertz CT molecular complexity index is 736. The molecule has 1 saturated heterocycles. The molecule has 0 aromatic heterocycles. The first-order valence-electron chi connectivity index (χ1n) is 8.14. The number of ether oxygens (including phenoxy) is 1. The Morgan fingerprint density at radius 3 is 2.64 bits per heavy atom. The normalized spacial score (nSPS) is 19.9. The van der Waals surface area contributed by atoms with Gasteiger partial charge in [-0.25, -0.2) is 8.78 Å². The number of aliphatic hydroxyl groups is 1. The van der Waals surface area contributed by atoms with Crippen molar-refractivity contribution in [3.8, 4) is 5.75 Å². The topological polar surface area (TPSA) is 49.8 Å². The van der Waals surface area contributed by atoms with Crippen LogP contribution in [0.4, 0.5) is 8.78 Å². The van der Waals surface area contributed by atoms with Gasteiger partial charge in [0.1, 0.15) is 17.4 Å². The Labute approximate surface area is 144 Å². The van der Waals surface area contributed by atoms with Gasteiger partial charge in [0.25, 0.3) is 0 Å². The lowest BCUT2D eigenvalue weighted by atomic mass is 10.0. The van der Waals surface area contributed by atoms with Crippen LogP contribution >= 0.6 is 0 Å². The first-order chi connectivity index (χ1) is 12.0. The Hall–Kier alpha value is -2.47. The Morgan fingerprint density at radius 1 is 1.16 bits per heavy atom. The standard InChI is InChI=1S/C19H19F2NO3/c20-14-4-6-17(7-5-14)25-9-8-19(24)22-12-16(23)11-18(22)13-2-1-3-15(21)10-13/h1-7,10,16,18,23H,8-9,11-12H2/t16-,18-/m0/s1. The van der Waals surface area contributed by atoms with Crippen molar-refractivity contribution < 1.29 is 23.4 Å². The lowest BCUT2D eigenvalue weighted by molar-refractivity contribution is -0.133. The average Bonchev–Trinajstić information content (AvgIpc) is 2.99. The van der Waals surface area contributed by atoms with E-state index >= 15 is 0 Å². The van der Waals surface area contributed by atoms with E-state index in [4.69, 9.17) is 4.74 Å². The second-order valence-electron chi connectivity index (χ2n) is 6.06. The average molecular weight is 347 g/mol. The summed E-state index contributed by atoms with van der Waals surface area (Å²) < 4.78 is 31.7. The van der Waals surface area contributed by atoms with E-state index in [0.717, 1.165) is 0 Å². The molecule has 1 aliphatic heterocycles. The second-order valence-corrected chi connectivity index (χ2v) is 6.06. The molecule has 1 amide bonds. The molecule has 4 nitrogen and oxygen atoms in total. The van der Waals surface area contributed by atoms with Gasteiger partial charge in [0.05, 0.1) is 25.2 Å². The second kappa shape index (κ2) is 7.61. The van der Waals surface area contributed by atoms with Gasteiger partial charge in [-0.15, -0.1) is 0 Å². The van der Waals surface area contributed by atoms with E-state index in [-0.39, 0.29) is 43.2 Å². The third-order valence-corrected chi connectivity index (χ3v) is 4.23. The van der Waals surface area contributed by atoms with Gasteiger partial charge in [-0.1, -0.05) is 12.1 Å². The highest BCUT2D eigenvalue weighted by atomic mass is 19.1. The molecule has 0 spiro atoms. The lowest BCUT2D eigenvalue weighted by Crippen LogP contribution is -2.32. The molecule has 0 bridgehead atoms. The molecule has 1 N–H and O–H groups in total. The first kappa shape index (κ1) is 17.4. The van der Waals surface area contributed by atoms with Crippen molar-refractivity contribution in [2.24, 2.45) is 0 Å². The third kappa shape index (κ3) is 4.33. The van der Waals surface area contributed by atoms with Gasteiger partial charge in [-0.3, -0.25) is 4.79 Å². The Kier molecular flexibility index (Phi) is 5.28. The number of carbonyl (C=O) groups excluding carboxylic acids is 1. The predicted molar refractivity (Wildman–Crippen MR) is 88.0 cm³/mol. The number of carbonyl (C=O) groups is 1. The van der Waals surface area contributed by atoms with Gasteiger partial charge in [-0.05, 0) is 48.4 Å². The summed E-state index contributed by atoms with van der Waals surface area (Å²) in [4.78, 5) is 14.0. The molecular weight excluding hydrogens is 328 g/mol. The molecule has 2 aromatic carbocycles. The van der Waals surface area contributed by atoms with E-state index in [0.29, 0.717) is 17.7 Å². The van der Waals surface area contributed by atoms with Gasteiger partial charge in [0, 0.05) is 6.54 Å². The van der Waals surface area contributed by atoms with Crippen molar-refractivity contribution in [3.05, 3.63) is 65.7 Å². The number of likely N-dealkylation sites (tertiary alicyclic amines) is 1. The zero-order valence-electron chi connectivity index (χ0n) is 13.6. The van der Waals surface area contributed by atoms with Crippen LogP contribution in [0.15, 0.2) is 48.5 Å². The number of hydrogen-bond acceptors (Lipinski definition) is 3. The van der Waals surface area contributed by atoms with E-state index in [1.807, 2.05) is 0 Å². The molecule has 132 valence electrons. The van der Waals surface area contributed by atoms with Crippen molar-refractivity contribution in [2.75, 3.05) is 13.2 Å². The van der Waals surface area contributed by atoms with Crippen LogP contribution in [0.1, 0.15) is 24.4 Å². The lowest BCUT2D eigenvalue weighted by Gasteiger charge is -2.25. The number of halogens is 2. The van der Waals surface area contributed by atoms with Crippen LogP contribution in [0, 0.1) is 11.6 Å². The minimum Gasteiger partial charge on any atom is -0.493 e. The fraction of sp³-hybridized carbons (Fsp3) is 0.316. The molecule has 0 radical (unpaired) electrons. The number of aliphatic hydroxyl groups excluding tert-OH is 1. The number of benzene rings is 2. The summed E-state index contributed by atoms with van der Waals surface area (Å²) in [5, 5.41) is 9.92. The molecule has 25 heavy (non-hydrogen) atoms. The SMILES string of the molecule is O=C(CCOc1ccc(F)cc1)N1C[C@@H](O)C[C@H]1c1cccc(F)c1. The number of β-amino-alcohol motifs (C(OH)–C–C–N with tert-alkyl or cyclic N) is 1. The van der Waals surface area contributed by atoms with Crippen molar-refractivity contribution in [1.82, 2.24) is 4.90 Å². The predicted octanol–water partition coefficient (Wildman–Crippen LogP) is 3.07. The van der Waals surface area contributed by atoms with Gasteiger partial charge < -0.3 is 14.7 Å². The number of nitrogens with zero attached hydrogens (tertiary/aromatic N) is 1.